The first-order chi connectivity index (χ1) is 12.7. The third-order valence-electron chi connectivity index (χ3n) is 4.88. The van der Waals surface area contributed by atoms with E-state index in [1.165, 1.54) is 0 Å². The first-order valence-electron chi connectivity index (χ1n) is 8.85. The Labute approximate surface area is 152 Å². The number of carbonyl (C=O) groups is 1. The standard InChI is InChI=1S/C19H22N4O3/c24-18(22-11-15-3-1-6-20-10-15)23-8-5-19(14-23)9-17(13-25-19)26-16-4-2-7-21-12-16/h1-4,6-7,10,12,17H,5,8-9,11,13-14H2,(H,22,24)/t17-,19-/m1/s1. The number of nitrogens with zero attached hydrogens (tertiary/aromatic N) is 3. The Morgan fingerprint density at radius 3 is 2.92 bits per heavy atom. The summed E-state index contributed by atoms with van der Waals surface area (Å²) in [7, 11) is 0. The van der Waals surface area contributed by atoms with Gasteiger partial charge >= 0.3 is 6.03 Å². The summed E-state index contributed by atoms with van der Waals surface area (Å²) in [6.45, 7) is 2.31. The lowest BCUT2D eigenvalue weighted by atomic mass is 9.98. The number of urea groups is 1. The van der Waals surface area contributed by atoms with E-state index in [0.717, 1.165) is 24.2 Å². The second kappa shape index (κ2) is 7.29. The van der Waals surface area contributed by atoms with Crippen molar-refractivity contribution < 1.29 is 14.3 Å². The smallest absolute Gasteiger partial charge is 0.317 e. The molecule has 0 saturated carbocycles. The molecule has 0 bridgehead atoms. The number of hydrogen-bond acceptors (Lipinski definition) is 5. The lowest BCUT2D eigenvalue weighted by Crippen LogP contribution is -2.41. The van der Waals surface area contributed by atoms with Crippen molar-refractivity contribution in [2.75, 3.05) is 19.7 Å². The van der Waals surface area contributed by atoms with Crippen molar-refractivity contribution >= 4 is 6.03 Å². The van der Waals surface area contributed by atoms with Crippen LogP contribution in [0.3, 0.4) is 0 Å². The number of likely N-dealkylation sites (tertiary alicyclic amines) is 1. The molecule has 2 aliphatic rings. The molecule has 0 aromatic carbocycles. The molecule has 2 aliphatic heterocycles. The van der Waals surface area contributed by atoms with E-state index < -0.39 is 0 Å². The quantitative estimate of drug-likeness (QED) is 0.909. The molecule has 0 unspecified atom stereocenters. The number of nitrogens with one attached hydrogen (secondary N) is 1. The lowest BCUT2D eigenvalue weighted by molar-refractivity contribution is 0.0122. The summed E-state index contributed by atoms with van der Waals surface area (Å²) in [6, 6.07) is 7.49. The maximum absolute atomic E-state index is 12.4. The molecule has 0 radical (unpaired) electrons. The molecule has 1 spiro atoms. The maximum atomic E-state index is 12.4. The summed E-state index contributed by atoms with van der Waals surface area (Å²) >= 11 is 0. The van der Waals surface area contributed by atoms with Gasteiger partial charge < -0.3 is 19.7 Å². The van der Waals surface area contributed by atoms with Gasteiger partial charge in [-0.25, -0.2) is 4.79 Å². The minimum absolute atomic E-state index is 0.00222. The van der Waals surface area contributed by atoms with Crippen LogP contribution in [-0.2, 0) is 11.3 Å². The fourth-order valence-corrected chi connectivity index (χ4v) is 3.58. The first-order valence-corrected chi connectivity index (χ1v) is 8.85. The van der Waals surface area contributed by atoms with Gasteiger partial charge in [0.15, 0.2) is 0 Å². The average molecular weight is 354 g/mol. The predicted molar refractivity (Wildman–Crippen MR) is 94.6 cm³/mol. The zero-order valence-corrected chi connectivity index (χ0v) is 14.5. The van der Waals surface area contributed by atoms with Crippen molar-refractivity contribution in [3.8, 4) is 5.75 Å². The van der Waals surface area contributed by atoms with Gasteiger partial charge in [0.2, 0.25) is 0 Å². The minimum Gasteiger partial charge on any atom is -0.486 e. The Hall–Kier alpha value is -2.67. The molecule has 7 nitrogen and oxygen atoms in total. The van der Waals surface area contributed by atoms with Crippen molar-refractivity contribution in [2.45, 2.75) is 31.1 Å². The Bertz CT molecular complexity index is 743. The number of hydrogen-bond donors (Lipinski definition) is 1. The SMILES string of the molecule is O=C(NCc1cccnc1)N1CC[C@@]2(C[C@@H](Oc3cccnc3)CO2)C1. The van der Waals surface area contributed by atoms with Crippen LogP contribution in [0.2, 0.25) is 0 Å². The number of amides is 2. The number of aromatic nitrogens is 2. The molecule has 2 atom stereocenters. The van der Waals surface area contributed by atoms with Crippen LogP contribution < -0.4 is 10.1 Å². The van der Waals surface area contributed by atoms with Gasteiger partial charge in [-0.3, -0.25) is 9.97 Å². The fourth-order valence-electron chi connectivity index (χ4n) is 3.58. The molecule has 2 fully saturated rings. The molecule has 1 N–H and O–H groups in total. The third-order valence-corrected chi connectivity index (χ3v) is 4.88. The van der Waals surface area contributed by atoms with Crippen molar-refractivity contribution in [3.63, 3.8) is 0 Å². The molecular formula is C19H22N4O3. The van der Waals surface area contributed by atoms with Crippen LogP contribution in [0, 0.1) is 0 Å². The first kappa shape index (κ1) is 16.8. The second-order valence-electron chi connectivity index (χ2n) is 6.82. The minimum atomic E-state index is -0.293. The van der Waals surface area contributed by atoms with E-state index in [-0.39, 0.29) is 17.7 Å². The van der Waals surface area contributed by atoms with E-state index in [1.807, 2.05) is 29.2 Å². The summed E-state index contributed by atoms with van der Waals surface area (Å²) < 4.78 is 12.0. The number of ether oxygens (including phenoxy) is 2. The van der Waals surface area contributed by atoms with Crippen molar-refractivity contribution in [3.05, 3.63) is 54.6 Å². The predicted octanol–water partition coefficient (Wildman–Crippen LogP) is 2.00. The van der Waals surface area contributed by atoms with Crippen LogP contribution >= 0.6 is 0 Å². The third kappa shape index (κ3) is 3.77. The molecule has 2 saturated heterocycles. The molecule has 4 rings (SSSR count). The normalized spacial score (nSPS) is 24.8. The molecule has 136 valence electrons. The fraction of sp³-hybridized carbons (Fsp3) is 0.421. The van der Waals surface area contributed by atoms with Crippen LogP contribution in [-0.4, -0.2) is 52.3 Å². The zero-order valence-electron chi connectivity index (χ0n) is 14.5. The van der Waals surface area contributed by atoms with E-state index in [9.17, 15) is 4.79 Å². The van der Waals surface area contributed by atoms with Crippen molar-refractivity contribution in [2.24, 2.45) is 0 Å². The van der Waals surface area contributed by atoms with Gasteiger partial charge in [-0.15, -0.1) is 0 Å². The topological polar surface area (TPSA) is 76.6 Å². The van der Waals surface area contributed by atoms with Crippen LogP contribution in [0.4, 0.5) is 4.79 Å². The Balaban J connectivity index is 1.28. The summed E-state index contributed by atoms with van der Waals surface area (Å²) in [5, 5.41) is 2.95. The van der Waals surface area contributed by atoms with Crippen LogP contribution in [0.15, 0.2) is 49.1 Å². The number of carbonyl (C=O) groups excluding carboxylic acids is 1. The lowest BCUT2D eigenvalue weighted by Gasteiger charge is -2.23. The van der Waals surface area contributed by atoms with Gasteiger partial charge in [0.1, 0.15) is 11.9 Å². The number of rotatable bonds is 4. The van der Waals surface area contributed by atoms with Gasteiger partial charge in [-0.05, 0) is 30.2 Å². The molecule has 2 aromatic heterocycles. The van der Waals surface area contributed by atoms with E-state index in [0.29, 0.717) is 26.2 Å². The average Bonchev–Trinajstić information content (AvgIpc) is 3.28. The van der Waals surface area contributed by atoms with E-state index in [1.54, 1.807) is 24.8 Å². The van der Waals surface area contributed by atoms with Crippen molar-refractivity contribution in [1.29, 1.82) is 0 Å². The highest BCUT2D eigenvalue weighted by atomic mass is 16.6. The van der Waals surface area contributed by atoms with Gasteiger partial charge in [0, 0.05) is 38.1 Å². The van der Waals surface area contributed by atoms with Gasteiger partial charge in [-0.2, -0.15) is 0 Å². The summed E-state index contributed by atoms with van der Waals surface area (Å²) in [5.74, 6) is 0.752. The van der Waals surface area contributed by atoms with Gasteiger partial charge in [0.25, 0.3) is 0 Å². The molecule has 2 aromatic rings. The monoisotopic (exact) mass is 354 g/mol. The van der Waals surface area contributed by atoms with Gasteiger partial charge in [0.05, 0.1) is 24.9 Å². The van der Waals surface area contributed by atoms with Crippen LogP contribution in [0.25, 0.3) is 0 Å². The molecule has 26 heavy (non-hydrogen) atoms. The largest absolute Gasteiger partial charge is 0.486 e. The number of pyridine rings is 2. The summed E-state index contributed by atoms with van der Waals surface area (Å²) in [4.78, 5) is 22.4. The highest BCUT2D eigenvalue weighted by molar-refractivity contribution is 5.74. The molecule has 0 aliphatic carbocycles. The maximum Gasteiger partial charge on any atom is 0.317 e. The summed E-state index contributed by atoms with van der Waals surface area (Å²) in [6.07, 6.45) is 8.52. The Morgan fingerprint density at radius 1 is 1.31 bits per heavy atom. The zero-order chi connectivity index (χ0) is 17.8. The molecule has 7 heteroatoms. The van der Waals surface area contributed by atoms with Crippen molar-refractivity contribution in [1.82, 2.24) is 20.2 Å². The van der Waals surface area contributed by atoms with Crippen LogP contribution in [0.1, 0.15) is 18.4 Å². The molecule has 4 heterocycles. The van der Waals surface area contributed by atoms with Crippen LogP contribution in [0.5, 0.6) is 5.75 Å². The highest BCUT2D eigenvalue weighted by Gasteiger charge is 2.47. The van der Waals surface area contributed by atoms with E-state index in [2.05, 4.69) is 15.3 Å². The van der Waals surface area contributed by atoms with Gasteiger partial charge in [-0.1, -0.05) is 6.07 Å². The Kier molecular flexibility index (Phi) is 4.71. The molecular weight excluding hydrogens is 332 g/mol. The van der Waals surface area contributed by atoms with E-state index >= 15 is 0 Å². The Morgan fingerprint density at radius 2 is 2.15 bits per heavy atom. The summed E-state index contributed by atoms with van der Waals surface area (Å²) in [5.41, 5.74) is 0.690. The van der Waals surface area contributed by atoms with E-state index in [4.69, 9.17) is 9.47 Å². The molecule has 2 amide bonds. The second-order valence-corrected chi connectivity index (χ2v) is 6.82. The highest BCUT2D eigenvalue weighted by Crippen LogP contribution is 2.36.